The van der Waals surface area contributed by atoms with Crippen LogP contribution < -0.4 is 16.0 Å². The van der Waals surface area contributed by atoms with Gasteiger partial charge < -0.3 is 16.0 Å². The lowest BCUT2D eigenvalue weighted by Gasteiger charge is -2.23. The number of hydrogen-bond donors (Lipinski definition) is 3. The van der Waals surface area contributed by atoms with Gasteiger partial charge in [-0.2, -0.15) is 4.98 Å². The second kappa shape index (κ2) is 8.04. The molecule has 2 heterocycles. The van der Waals surface area contributed by atoms with Crippen molar-refractivity contribution in [3.05, 3.63) is 11.8 Å². The Hall–Kier alpha value is -1.36. The molecule has 2 rings (SSSR count). The van der Waals surface area contributed by atoms with Crippen molar-refractivity contribution in [3.63, 3.8) is 0 Å². The van der Waals surface area contributed by atoms with Crippen LogP contribution >= 0.6 is 0 Å². The highest BCUT2D eigenvalue weighted by Gasteiger charge is 2.13. The van der Waals surface area contributed by atoms with Crippen molar-refractivity contribution < 1.29 is 0 Å². The second-order valence-electron chi connectivity index (χ2n) is 5.58. The van der Waals surface area contributed by atoms with Crippen LogP contribution in [-0.4, -0.2) is 36.1 Å². The van der Waals surface area contributed by atoms with Crippen LogP contribution in [0.1, 0.15) is 38.2 Å². The number of unbranched alkanes of at least 4 members (excludes halogenated alkanes) is 1. The van der Waals surface area contributed by atoms with Crippen molar-refractivity contribution in [2.45, 2.75) is 39.5 Å². The van der Waals surface area contributed by atoms with Gasteiger partial charge in [-0.25, -0.2) is 4.98 Å². The summed E-state index contributed by atoms with van der Waals surface area (Å²) in [7, 11) is 0. The van der Waals surface area contributed by atoms with Crippen LogP contribution in [0.3, 0.4) is 0 Å². The molecule has 5 nitrogen and oxygen atoms in total. The van der Waals surface area contributed by atoms with E-state index in [1.807, 2.05) is 6.20 Å². The van der Waals surface area contributed by atoms with Gasteiger partial charge in [-0.1, -0.05) is 13.3 Å². The van der Waals surface area contributed by atoms with Gasteiger partial charge in [-0.15, -0.1) is 0 Å². The van der Waals surface area contributed by atoms with Crippen LogP contribution in [0, 0.1) is 12.8 Å². The predicted octanol–water partition coefficient (Wildman–Crippen LogP) is 2.41. The van der Waals surface area contributed by atoms with E-state index in [1.54, 1.807) is 0 Å². The molecule has 1 aromatic rings. The molecule has 0 spiro atoms. The molecule has 0 saturated carbocycles. The molecule has 1 aliphatic rings. The summed E-state index contributed by atoms with van der Waals surface area (Å²) in [6.45, 7) is 8.46. The molecule has 112 valence electrons. The molecular formula is C15H27N5. The summed E-state index contributed by atoms with van der Waals surface area (Å²) in [5, 5.41) is 10.2. The van der Waals surface area contributed by atoms with Crippen LogP contribution in [0.5, 0.6) is 0 Å². The summed E-state index contributed by atoms with van der Waals surface area (Å²) in [5.41, 5.74) is 1.11. The fourth-order valence-corrected chi connectivity index (χ4v) is 2.41. The zero-order valence-corrected chi connectivity index (χ0v) is 12.7. The average molecular weight is 277 g/mol. The lowest BCUT2D eigenvalue weighted by molar-refractivity contribution is 0.389. The fourth-order valence-electron chi connectivity index (χ4n) is 2.41. The van der Waals surface area contributed by atoms with E-state index < -0.39 is 0 Å². The Kier molecular flexibility index (Phi) is 6.05. The predicted molar refractivity (Wildman–Crippen MR) is 84.3 cm³/mol. The molecule has 0 unspecified atom stereocenters. The lowest BCUT2D eigenvalue weighted by atomic mass is 9.98. The minimum atomic E-state index is 0.733. The highest BCUT2D eigenvalue weighted by Crippen LogP contribution is 2.16. The maximum absolute atomic E-state index is 4.58. The molecule has 1 fully saturated rings. The first-order valence-electron chi connectivity index (χ1n) is 7.81. The molecule has 0 atom stereocenters. The van der Waals surface area contributed by atoms with E-state index in [0.717, 1.165) is 55.8 Å². The number of nitrogens with one attached hydrogen (secondary N) is 3. The van der Waals surface area contributed by atoms with Crippen molar-refractivity contribution >= 4 is 11.8 Å². The highest BCUT2D eigenvalue weighted by atomic mass is 15.1. The summed E-state index contributed by atoms with van der Waals surface area (Å²) >= 11 is 0. The molecular weight excluding hydrogens is 250 g/mol. The van der Waals surface area contributed by atoms with E-state index in [-0.39, 0.29) is 0 Å². The topological polar surface area (TPSA) is 61.9 Å². The Balaban J connectivity index is 1.86. The van der Waals surface area contributed by atoms with Gasteiger partial charge >= 0.3 is 0 Å². The summed E-state index contributed by atoms with van der Waals surface area (Å²) in [4.78, 5) is 8.91. The van der Waals surface area contributed by atoms with E-state index in [4.69, 9.17) is 0 Å². The monoisotopic (exact) mass is 277 g/mol. The van der Waals surface area contributed by atoms with Crippen LogP contribution in [-0.2, 0) is 0 Å². The minimum absolute atomic E-state index is 0.733. The molecule has 1 aromatic heterocycles. The van der Waals surface area contributed by atoms with Gasteiger partial charge in [0.1, 0.15) is 5.82 Å². The molecule has 0 aromatic carbocycles. The van der Waals surface area contributed by atoms with Gasteiger partial charge in [0.15, 0.2) is 0 Å². The van der Waals surface area contributed by atoms with Gasteiger partial charge in [-0.05, 0) is 45.2 Å². The Bertz CT molecular complexity index is 401. The molecule has 0 amide bonds. The summed E-state index contributed by atoms with van der Waals surface area (Å²) < 4.78 is 0. The van der Waals surface area contributed by atoms with Gasteiger partial charge in [0.05, 0.1) is 0 Å². The zero-order valence-electron chi connectivity index (χ0n) is 12.7. The van der Waals surface area contributed by atoms with E-state index in [9.17, 15) is 0 Å². The number of aryl methyl sites for hydroxylation is 1. The van der Waals surface area contributed by atoms with Crippen molar-refractivity contribution in [1.82, 2.24) is 15.3 Å². The second-order valence-corrected chi connectivity index (χ2v) is 5.58. The largest absolute Gasteiger partial charge is 0.369 e. The third-order valence-corrected chi connectivity index (χ3v) is 3.80. The summed E-state index contributed by atoms with van der Waals surface area (Å²) in [6.07, 6.45) is 6.72. The van der Waals surface area contributed by atoms with Gasteiger partial charge in [0, 0.05) is 24.8 Å². The third kappa shape index (κ3) is 4.63. The highest BCUT2D eigenvalue weighted by molar-refractivity contribution is 5.46. The van der Waals surface area contributed by atoms with Crippen LogP contribution in [0.15, 0.2) is 6.20 Å². The Morgan fingerprint density at radius 3 is 2.85 bits per heavy atom. The molecule has 0 bridgehead atoms. The number of anilines is 2. The van der Waals surface area contributed by atoms with E-state index in [2.05, 4.69) is 39.8 Å². The first-order valence-corrected chi connectivity index (χ1v) is 7.81. The van der Waals surface area contributed by atoms with Crippen molar-refractivity contribution in [2.24, 2.45) is 5.92 Å². The Labute approximate surface area is 122 Å². The normalized spacial score (nSPS) is 16.1. The number of nitrogens with zero attached hydrogens (tertiary/aromatic N) is 2. The average Bonchev–Trinajstić information content (AvgIpc) is 2.49. The summed E-state index contributed by atoms with van der Waals surface area (Å²) in [5.74, 6) is 2.46. The van der Waals surface area contributed by atoms with Crippen molar-refractivity contribution in [2.75, 3.05) is 36.8 Å². The van der Waals surface area contributed by atoms with Crippen molar-refractivity contribution in [3.8, 4) is 0 Å². The minimum Gasteiger partial charge on any atom is -0.369 e. The quantitative estimate of drug-likeness (QED) is 0.668. The first-order chi connectivity index (χ1) is 9.79. The summed E-state index contributed by atoms with van der Waals surface area (Å²) in [6, 6.07) is 0. The Morgan fingerprint density at radius 1 is 1.30 bits per heavy atom. The smallest absolute Gasteiger partial charge is 0.224 e. The maximum atomic E-state index is 4.58. The van der Waals surface area contributed by atoms with Gasteiger partial charge in [-0.3, -0.25) is 0 Å². The molecule has 0 aliphatic carbocycles. The number of hydrogen-bond acceptors (Lipinski definition) is 5. The van der Waals surface area contributed by atoms with Gasteiger partial charge in [0.2, 0.25) is 5.95 Å². The van der Waals surface area contributed by atoms with E-state index in [1.165, 1.54) is 19.3 Å². The molecule has 0 radical (unpaired) electrons. The van der Waals surface area contributed by atoms with Crippen LogP contribution in [0.25, 0.3) is 0 Å². The zero-order chi connectivity index (χ0) is 14.2. The van der Waals surface area contributed by atoms with Crippen LogP contribution in [0.2, 0.25) is 0 Å². The molecule has 20 heavy (non-hydrogen) atoms. The van der Waals surface area contributed by atoms with E-state index >= 15 is 0 Å². The maximum Gasteiger partial charge on any atom is 0.224 e. The molecule has 5 heteroatoms. The standard InChI is InChI=1S/C15H27N5/c1-3-4-7-17-15-19-10-12(2)14(20-15)18-11-13-5-8-16-9-6-13/h10,13,16H,3-9,11H2,1-2H3,(H2,17,18,19,20). The third-order valence-electron chi connectivity index (χ3n) is 3.80. The van der Waals surface area contributed by atoms with Crippen molar-refractivity contribution in [1.29, 1.82) is 0 Å². The fraction of sp³-hybridized carbons (Fsp3) is 0.733. The first kappa shape index (κ1) is 15.0. The van der Waals surface area contributed by atoms with Crippen LogP contribution in [0.4, 0.5) is 11.8 Å². The van der Waals surface area contributed by atoms with Gasteiger partial charge in [0.25, 0.3) is 0 Å². The number of piperidine rings is 1. The number of rotatable bonds is 7. The Morgan fingerprint density at radius 2 is 2.10 bits per heavy atom. The molecule has 1 saturated heterocycles. The molecule has 1 aliphatic heterocycles. The number of aromatic nitrogens is 2. The SMILES string of the molecule is CCCCNc1ncc(C)c(NCC2CCNCC2)n1. The molecule has 3 N–H and O–H groups in total. The van der Waals surface area contributed by atoms with E-state index in [0.29, 0.717) is 0 Å². The lowest BCUT2D eigenvalue weighted by Crippen LogP contribution is -2.31.